The molecule has 4 nitrogen and oxygen atoms in total. The largest absolute Gasteiger partial charge is 0.491 e. The predicted molar refractivity (Wildman–Crippen MR) is 94.1 cm³/mol. The number of ether oxygens (including phenoxy) is 1. The molecule has 0 unspecified atom stereocenters. The van der Waals surface area contributed by atoms with Crippen molar-refractivity contribution < 1.29 is 14.1 Å². The number of para-hydroxylation sites is 1. The van der Waals surface area contributed by atoms with Gasteiger partial charge in [-0.25, -0.2) is 4.58 Å². The molecular weight excluding hydrogens is 288 g/mol. The van der Waals surface area contributed by atoms with Crippen molar-refractivity contribution in [1.29, 1.82) is 0 Å². The van der Waals surface area contributed by atoms with Crippen molar-refractivity contribution in [3.05, 3.63) is 41.7 Å². The molecule has 23 heavy (non-hydrogen) atoms. The minimum absolute atomic E-state index is 0.0191. The highest BCUT2D eigenvalue weighted by Gasteiger charge is 2.21. The van der Waals surface area contributed by atoms with Crippen molar-refractivity contribution in [1.82, 2.24) is 0 Å². The number of amides is 1. The lowest BCUT2D eigenvalue weighted by Crippen LogP contribution is -2.19. The molecule has 1 aliphatic rings. The van der Waals surface area contributed by atoms with E-state index in [9.17, 15) is 4.79 Å². The van der Waals surface area contributed by atoms with Crippen LogP contribution in [0.4, 0.5) is 5.69 Å². The van der Waals surface area contributed by atoms with Gasteiger partial charge in [-0.3, -0.25) is 4.79 Å². The molecule has 0 spiro atoms. The van der Waals surface area contributed by atoms with E-state index < -0.39 is 0 Å². The molecule has 1 fully saturated rings. The van der Waals surface area contributed by atoms with E-state index in [1.165, 1.54) is 25.7 Å². The zero-order valence-corrected chi connectivity index (χ0v) is 14.3. The minimum Gasteiger partial charge on any atom is -0.491 e. The summed E-state index contributed by atoms with van der Waals surface area (Å²) in [4.78, 5) is 11.9. The molecule has 1 aromatic rings. The van der Waals surface area contributed by atoms with Crippen LogP contribution in [0, 0.1) is 13.8 Å². The molecule has 0 aromatic heterocycles. The number of allylic oxidation sites excluding steroid dienone is 1. The van der Waals surface area contributed by atoms with Crippen molar-refractivity contribution in [2.24, 2.45) is 0 Å². The third-order valence-electron chi connectivity index (χ3n) is 4.36. The van der Waals surface area contributed by atoms with E-state index in [-0.39, 0.29) is 12.5 Å². The summed E-state index contributed by atoms with van der Waals surface area (Å²) < 4.78 is 7.54. The molecular formula is C19H27N2O2+. The molecule has 0 radical (unpaired) electrons. The second kappa shape index (κ2) is 8.51. The Balaban J connectivity index is 1.76. The molecule has 2 rings (SSSR count). The first kappa shape index (κ1) is 17.3. The van der Waals surface area contributed by atoms with Crippen LogP contribution in [0.25, 0.3) is 0 Å². The van der Waals surface area contributed by atoms with Gasteiger partial charge in [-0.1, -0.05) is 18.2 Å². The highest BCUT2D eigenvalue weighted by molar-refractivity contribution is 5.93. The van der Waals surface area contributed by atoms with Crippen LogP contribution in [0.15, 0.2) is 30.5 Å². The van der Waals surface area contributed by atoms with Crippen molar-refractivity contribution >= 4 is 17.8 Å². The number of carbonyl (C=O) groups is 1. The second-order valence-corrected chi connectivity index (χ2v) is 6.21. The number of anilines is 1. The number of benzene rings is 1. The third kappa shape index (κ3) is 5.23. The van der Waals surface area contributed by atoms with E-state index in [2.05, 4.69) is 16.9 Å². The van der Waals surface area contributed by atoms with Crippen molar-refractivity contribution in [3.63, 3.8) is 0 Å². The highest BCUT2D eigenvalue weighted by atomic mass is 16.5. The molecule has 0 bridgehead atoms. The molecule has 124 valence electrons. The van der Waals surface area contributed by atoms with E-state index in [1.54, 1.807) is 6.26 Å². The molecule has 0 heterocycles. The van der Waals surface area contributed by atoms with Gasteiger partial charge in [-0.05, 0) is 37.8 Å². The Labute approximate surface area is 138 Å². The predicted octanol–water partition coefficient (Wildman–Crippen LogP) is 3.43. The van der Waals surface area contributed by atoms with Crippen LogP contribution < -0.4 is 5.32 Å². The fourth-order valence-electron chi connectivity index (χ4n) is 2.97. The minimum atomic E-state index is -0.142. The Morgan fingerprint density at radius 1 is 1.30 bits per heavy atom. The maximum absolute atomic E-state index is 11.9. The lowest BCUT2D eigenvalue weighted by molar-refractivity contribution is -0.531. The van der Waals surface area contributed by atoms with Gasteiger partial charge in [0.1, 0.15) is 7.05 Å². The molecule has 1 N–H and O–H groups in total. The second-order valence-electron chi connectivity index (χ2n) is 6.21. The molecule has 0 atom stereocenters. The molecule has 4 heteroatoms. The normalized spacial score (nSPS) is 16.0. The SMILES string of the molecule is Cc1cccc(C)c1NC(=O)CO/C=C\C=[N+](C)C1CCCC1. The van der Waals surface area contributed by atoms with Crippen LogP contribution in [0.2, 0.25) is 0 Å². The average molecular weight is 315 g/mol. The van der Waals surface area contributed by atoms with Crippen LogP contribution in [-0.2, 0) is 9.53 Å². The maximum atomic E-state index is 11.9. The topological polar surface area (TPSA) is 41.3 Å². The fraction of sp³-hybridized carbons (Fsp3) is 0.474. The molecule has 0 saturated heterocycles. The first-order chi connectivity index (χ1) is 11.1. The Morgan fingerprint density at radius 2 is 1.96 bits per heavy atom. The Hall–Kier alpha value is -2.10. The summed E-state index contributed by atoms with van der Waals surface area (Å²) in [5.74, 6) is -0.142. The summed E-state index contributed by atoms with van der Waals surface area (Å²) in [6.07, 6.45) is 10.6. The summed E-state index contributed by atoms with van der Waals surface area (Å²) >= 11 is 0. The van der Waals surface area contributed by atoms with Gasteiger partial charge in [-0.15, -0.1) is 0 Å². The lowest BCUT2D eigenvalue weighted by atomic mass is 10.1. The average Bonchev–Trinajstić information content (AvgIpc) is 3.05. The van der Waals surface area contributed by atoms with E-state index in [0.29, 0.717) is 6.04 Å². The van der Waals surface area contributed by atoms with Crippen LogP contribution in [0.5, 0.6) is 0 Å². The van der Waals surface area contributed by atoms with Crippen LogP contribution in [0.3, 0.4) is 0 Å². The molecule has 1 saturated carbocycles. The van der Waals surface area contributed by atoms with Gasteiger partial charge in [0, 0.05) is 24.6 Å². The first-order valence-electron chi connectivity index (χ1n) is 8.27. The summed E-state index contributed by atoms with van der Waals surface area (Å²) in [7, 11) is 2.09. The van der Waals surface area contributed by atoms with Crippen LogP contribution in [-0.4, -0.2) is 36.4 Å². The molecule has 0 aliphatic heterocycles. The fourth-order valence-corrected chi connectivity index (χ4v) is 2.97. The number of nitrogens with one attached hydrogen (secondary N) is 1. The van der Waals surface area contributed by atoms with Crippen molar-refractivity contribution in [2.45, 2.75) is 45.6 Å². The van der Waals surface area contributed by atoms with Gasteiger partial charge in [0.05, 0.1) is 6.26 Å². The van der Waals surface area contributed by atoms with Gasteiger partial charge in [0.15, 0.2) is 18.9 Å². The Morgan fingerprint density at radius 3 is 2.61 bits per heavy atom. The zero-order valence-electron chi connectivity index (χ0n) is 14.3. The Kier molecular flexibility index (Phi) is 6.39. The number of rotatable bonds is 6. The molecule has 1 amide bonds. The summed E-state index contributed by atoms with van der Waals surface area (Å²) in [6, 6.07) is 6.59. The quantitative estimate of drug-likeness (QED) is 0.496. The monoisotopic (exact) mass is 315 g/mol. The van der Waals surface area contributed by atoms with Gasteiger partial charge in [-0.2, -0.15) is 0 Å². The van der Waals surface area contributed by atoms with E-state index in [0.717, 1.165) is 16.8 Å². The van der Waals surface area contributed by atoms with E-state index in [1.807, 2.05) is 44.3 Å². The summed E-state index contributed by atoms with van der Waals surface area (Å²) in [5.41, 5.74) is 2.98. The number of hydrogen-bond donors (Lipinski definition) is 1. The first-order valence-corrected chi connectivity index (χ1v) is 8.27. The number of nitrogens with zero attached hydrogens (tertiary/aromatic N) is 1. The van der Waals surface area contributed by atoms with E-state index in [4.69, 9.17) is 4.74 Å². The summed E-state index contributed by atoms with van der Waals surface area (Å²) in [5, 5.41) is 2.90. The highest BCUT2D eigenvalue weighted by Crippen LogP contribution is 2.20. The van der Waals surface area contributed by atoms with Gasteiger partial charge in [0.25, 0.3) is 5.91 Å². The molecule has 1 aromatic carbocycles. The third-order valence-corrected chi connectivity index (χ3v) is 4.36. The van der Waals surface area contributed by atoms with Crippen molar-refractivity contribution in [3.8, 4) is 0 Å². The number of hydrogen-bond acceptors (Lipinski definition) is 2. The Bertz CT molecular complexity index is 579. The van der Waals surface area contributed by atoms with Gasteiger partial charge >= 0.3 is 0 Å². The van der Waals surface area contributed by atoms with Gasteiger partial charge < -0.3 is 10.1 Å². The zero-order chi connectivity index (χ0) is 16.7. The number of carbonyl (C=O) groups excluding carboxylic acids is 1. The summed E-state index contributed by atoms with van der Waals surface area (Å²) in [6.45, 7) is 3.99. The maximum Gasteiger partial charge on any atom is 0.262 e. The smallest absolute Gasteiger partial charge is 0.262 e. The van der Waals surface area contributed by atoms with E-state index >= 15 is 0 Å². The standard InChI is InChI=1S/C19H26N2O2/c1-15-8-6-9-16(2)19(15)20-18(22)14-23-13-7-12-21(3)17-10-4-5-11-17/h6-9,12-13,17H,4-5,10-11,14H2,1-3H3/p+1/b13-7-,21-12?. The molecule has 1 aliphatic carbocycles. The van der Waals surface area contributed by atoms with Crippen LogP contribution in [0.1, 0.15) is 36.8 Å². The number of aryl methyl sites for hydroxylation is 2. The van der Waals surface area contributed by atoms with Crippen LogP contribution >= 0.6 is 0 Å². The lowest BCUT2D eigenvalue weighted by Gasteiger charge is -2.10. The van der Waals surface area contributed by atoms with Gasteiger partial charge in [0.2, 0.25) is 0 Å². The van der Waals surface area contributed by atoms with Crippen molar-refractivity contribution in [2.75, 3.05) is 19.0 Å².